The van der Waals surface area contributed by atoms with Crippen LogP contribution in [0.15, 0.2) is 23.4 Å². The molecule has 1 aliphatic heterocycles. The van der Waals surface area contributed by atoms with Gasteiger partial charge in [0.2, 0.25) is 0 Å². The van der Waals surface area contributed by atoms with Crippen molar-refractivity contribution in [1.29, 1.82) is 0 Å². The molecule has 116 valence electrons. The molecule has 0 spiro atoms. The number of hydrogen-bond acceptors (Lipinski definition) is 4. The summed E-state index contributed by atoms with van der Waals surface area (Å²) in [7, 11) is 0. The van der Waals surface area contributed by atoms with Gasteiger partial charge in [-0.25, -0.2) is 0 Å². The molecule has 3 N–H and O–H groups in total. The molecule has 1 heterocycles. The Morgan fingerprint density at radius 3 is 2.52 bits per heavy atom. The van der Waals surface area contributed by atoms with Crippen molar-refractivity contribution in [3.8, 4) is 0 Å². The first kappa shape index (κ1) is 16.1. The predicted molar refractivity (Wildman–Crippen MR) is 85.9 cm³/mol. The summed E-state index contributed by atoms with van der Waals surface area (Å²) < 4.78 is 0. The van der Waals surface area contributed by atoms with Crippen molar-refractivity contribution < 1.29 is 5.21 Å². The van der Waals surface area contributed by atoms with E-state index in [1.54, 1.807) is 6.07 Å². The number of nitrogens with zero attached hydrogens (tertiary/aromatic N) is 3. The predicted octanol–water partition coefficient (Wildman–Crippen LogP) is 1.96. The Kier molecular flexibility index (Phi) is 5.45. The summed E-state index contributed by atoms with van der Waals surface area (Å²) in [4.78, 5) is 4.89. The monoisotopic (exact) mass is 310 g/mol. The molecule has 0 saturated carbocycles. The Bertz CT molecular complexity index is 510. The third-order valence-electron chi connectivity index (χ3n) is 3.99. The highest BCUT2D eigenvalue weighted by Gasteiger charge is 2.19. The van der Waals surface area contributed by atoms with Crippen LogP contribution in [0.2, 0.25) is 5.02 Å². The maximum absolute atomic E-state index is 8.69. The summed E-state index contributed by atoms with van der Waals surface area (Å²) in [5, 5.41) is 12.3. The number of amidine groups is 1. The van der Waals surface area contributed by atoms with Gasteiger partial charge in [0.15, 0.2) is 5.84 Å². The lowest BCUT2D eigenvalue weighted by molar-refractivity contribution is 0.104. The molecule has 0 amide bonds. The quantitative estimate of drug-likeness (QED) is 0.386. The number of oxime groups is 1. The second-order valence-corrected chi connectivity index (χ2v) is 6.10. The molecule has 6 heteroatoms. The van der Waals surface area contributed by atoms with Gasteiger partial charge < -0.3 is 10.9 Å². The SMILES string of the molecule is CC(C)N1CCN(Cc2ccc(/C(N)=N/O)cc2Cl)CC1. The highest BCUT2D eigenvalue weighted by atomic mass is 35.5. The molecule has 0 atom stereocenters. The maximum Gasteiger partial charge on any atom is 0.170 e. The molecular formula is C15H23ClN4O. The van der Waals surface area contributed by atoms with E-state index in [4.69, 9.17) is 22.5 Å². The molecule has 0 aromatic heterocycles. The second-order valence-electron chi connectivity index (χ2n) is 5.70. The topological polar surface area (TPSA) is 65.1 Å². The summed E-state index contributed by atoms with van der Waals surface area (Å²) in [5.41, 5.74) is 7.27. The molecule has 1 aliphatic rings. The smallest absolute Gasteiger partial charge is 0.170 e. The zero-order valence-corrected chi connectivity index (χ0v) is 13.3. The summed E-state index contributed by atoms with van der Waals surface area (Å²) >= 11 is 6.30. The number of halogens is 1. The van der Waals surface area contributed by atoms with Crippen LogP contribution in [-0.4, -0.2) is 53.1 Å². The van der Waals surface area contributed by atoms with Crippen LogP contribution in [0.1, 0.15) is 25.0 Å². The molecule has 1 fully saturated rings. The van der Waals surface area contributed by atoms with Crippen LogP contribution >= 0.6 is 11.6 Å². The lowest BCUT2D eigenvalue weighted by atomic mass is 10.1. The average molecular weight is 311 g/mol. The lowest BCUT2D eigenvalue weighted by Crippen LogP contribution is -2.48. The molecular weight excluding hydrogens is 288 g/mol. The van der Waals surface area contributed by atoms with Crippen LogP contribution in [0.5, 0.6) is 0 Å². The molecule has 0 unspecified atom stereocenters. The molecule has 2 rings (SSSR count). The van der Waals surface area contributed by atoms with Gasteiger partial charge in [-0.2, -0.15) is 0 Å². The van der Waals surface area contributed by atoms with Gasteiger partial charge in [-0.1, -0.05) is 28.9 Å². The fourth-order valence-corrected chi connectivity index (χ4v) is 2.81. The Labute approximate surface area is 131 Å². The Morgan fingerprint density at radius 1 is 1.33 bits per heavy atom. The Morgan fingerprint density at radius 2 is 2.00 bits per heavy atom. The van der Waals surface area contributed by atoms with E-state index in [-0.39, 0.29) is 5.84 Å². The summed E-state index contributed by atoms with van der Waals surface area (Å²) in [6.45, 7) is 9.60. The van der Waals surface area contributed by atoms with Crippen LogP contribution in [0.25, 0.3) is 0 Å². The third-order valence-corrected chi connectivity index (χ3v) is 4.34. The number of nitrogens with two attached hydrogens (primary N) is 1. The van der Waals surface area contributed by atoms with E-state index < -0.39 is 0 Å². The fraction of sp³-hybridized carbons (Fsp3) is 0.533. The first-order valence-corrected chi connectivity index (χ1v) is 7.61. The molecule has 1 saturated heterocycles. The molecule has 0 bridgehead atoms. The average Bonchev–Trinajstić information content (AvgIpc) is 2.49. The summed E-state index contributed by atoms with van der Waals surface area (Å²) in [5.74, 6) is 0.0778. The minimum atomic E-state index is 0.0778. The van der Waals surface area contributed by atoms with Gasteiger partial charge in [0.05, 0.1) is 0 Å². The van der Waals surface area contributed by atoms with E-state index in [2.05, 4.69) is 28.8 Å². The molecule has 5 nitrogen and oxygen atoms in total. The van der Waals surface area contributed by atoms with E-state index in [1.165, 1.54) is 0 Å². The first-order chi connectivity index (χ1) is 10.0. The number of benzene rings is 1. The normalized spacial score (nSPS) is 18.4. The van der Waals surface area contributed by atoms with Crippen LogP contribution < -0.4 is 5.73 Å². The van der Waals surface area contributed by atoms with Crippen molar-refractivity contribution in [3.05, 3.63) is 34.3 Å². The molecule has 1 aromatic rings. The maximum atomic E-state index is 8.69. The van der Waals surface area contributed by atoms with E-state index in [1.807, 2.05) is 12.1 Å². The Hall–Kier alpha value is -1.30. The molecule has 0 aliphatic carbocycles. The molecule has 0 radical (unpaired) electrons. The standard InChI is InChI=1S/C15H23ClN4O/c1-11(2)20-7-5-19(6-8-20)10-13-4-3-12(9-14(13)16)15(17)18-21/h3-4,9,11,21H,5-8,10H2,1-2H3,(H2,17,18). The van der Waals surface area contributed by atoms with Gasteiger partial charge in [0.1, 0.15) is 0 Å². The number of rotatable bonds is 4. The van der Waals surface area contributed by atoms with Gasteiger partial charge in [0.25, 0.3) is 0 Å². The Balaban J connectivity index is 1.98. The van der Waals surface area contributed by atoms with Crippen LogP contribution in [0.4, 0.5) is 0 Å². The van der Waals surface area contributed by atoms with Crippen molar-refractivity contribution in [2.24, 2.45) is 10.9 Å². The van der Waals surface area contributed by atoms with E-state index >= 15 is 0 Å². The third kappa shape index (κ3) is 4.09. The fourth-order valence-electron chi connectivity index (χ4n) is 2.57. The molecule has 21 heavy (non-hydrogen) atoms. The minimum Gasteiger partial charge on any atom is -0.409 e. The highest BCUT2D eigenvalue weighted by Crippen LogP contribution is 2.20. The first-order valence-electron chi connectivity index (χ1n) is 7.24. The van der Waals surface area contributed by atoms with Crippen molar-refractivity contribution in [2.45, 2.75) is 26.4 Å². The van der Waals surface area contributed by atoms with Crippen LogP contribution in [0.3, 0.4) is 0 Å². The number of hydrogen-bond donors (Lipinski definition) is 2. The minimum absolute atomic E-state index is 0.0778. The van der Waals surface area contributed by atoms with Gasteiger partial charge in [-0.15, -0.1) is 0 Å². The van der Waals surface area contributed by atoms with Crippen molar-refractivity contribution in [3.63, 3.8) is 0 Å². The van der Waals surface area contributed by atoms with Crippen molar-refractivity contribution in [2.75, 3.05) is 26.2 Å². The van der Waals surface area contributed by atoms with E-state index in [0.29, 0.717) is 16.6 Å². The van der Waals surface area contributed by atoms with Crippen LogP contribution in [-0.2, 0) is 6.54 Å². The van der Waals surface area contributed by atoms with Gasteiger partial charge in [-0.3, -0.25) is 9.80 Å². The summed E-state index contributed by atoms with van der Waals surface area (Å²) in [6, 6.07) is 6.14. The van der Waals surface area contributed by atoms with Gasteiger partial charge >= 0.3 is 0 Å². The van der Waals surface area contributed by atoms with Crippen molar-refractivity contribution in [1.82, 2.24) is 9.80 Å². The zero-order valence-electron chi connectivity index (χ0n) is 12.6. The highest BCUT2D eigenvalue weighted by molar-refractivity contribution is 6.31. The van der Waals surface area contributed by atoms with Gasteiger partial charge in [0, 0.05) is 49.4 Å². The zero-order chi connectivity index (χ0) is 15.4. The van der Waals surface area contributed by atoms with Crippen molar-refractivity contribution >= 4 is 17.4 Å². The number of piperazine rings is 1. The van der Waals surface area contributed by atoms with Gasteiger partial charge in [-0.05, 0) is 25.5 Å². The van der Waals surface area contributed by atoms with Crippen LogP contribution in [0, 0.1) is 0 Å². The van der Waals surface area contributed by atoms with E-state index in [0.717, 1.165) is 38.3 Å². The molecule has 1 aromatic carbocycles. The van der Waals surface area contributed by atoms with E-state index in [9.17, 15) is 0 Å². The second kappa shape index (κ2) is 7.11. The summed E-state index contributed by atoms with van der Waals surface area (Å²) in [6.07, 6.45) is 0. The lowest BCUT2D eigenvalue weighted by Gasteiger charge is -2.37. The largest absolute Gasteiger partial charge is 0.409 e.